The highest BCUT2D eigenvalue weighted by molar-refractivity contribution is 5.31. The monoisotopic (exact) mass is 240 g/mol. The van der Waals surface area contributed by atoms with Crippen LogP contribution < -0.4 is 5.32 Å². The Hall–Kier alpha value is -2.12. The summed E-state index contributed by atoms with van der Waals surface area (Å²) in [5.74, 6) is 0. The van der Waals surface area contributed by atoms with Crippen molar-refractivity contribution in [3.05, 3.63) is 53.3 Å². The molecule has 0 aliphatic heterocycles. The van der Waals surface area contributed by atoms with Crippen molar-refractivity contribution in [2.45, 2.75) is 13.0 Å². The SMILES string of the molecule is Cn1nccc1CCNCc1ccc(C#N)cc1. The summed E-state index contributed by atoms with van der Waals surface area (Å²) in [7, 11) is 1.95. The Kier molecular flexibility index (Phi) is 4.11. The molecule has 0 bridgehead atoms. The third-order valence-electron chi connectivity index (χ3n) is 2.89. The van der Waals surface area contributed by atoms with Gasteiger partial charge in [0.25, 0.3) is 0 Å². The minimum Gasteiger partial charge on any atom is -0.312 e. The number of nitrogens with one attached hydrogen (secondary N) is 1. The van der Waals surface area contributed by atoms with Crippen LogP contribution in [0.1, 0.15) is 16.8 Å². The predicted octanol–water partition coefficient (Wildman–Crippen LogP) is 1.62. The quantitative estimate of drug-likeness (QED) is 0.808. The second-order valence-electron chi connectivity index (χ2n) is 4.18. The smallest absolute Gasteiger partial charge is 0.0991 e. The maximum atomic E-state index is 8.70. The van der Waals surface area contributed by atoms with E-state index in [1.807, 2.05) is 48.3 Å². The molecule has 0 radical (unpaired) electrons. The van der Waals surface area contributed by atoms with Gasteiger partial charge >= 0.3 is 0 Å². The van der Waals surface area contributed by atoms with Gasteiger partial charge in [0.15, 0.2) is 0 Å². The lowest BCUT2D eigenvalue weighted by Gasteiger charge is -2.05. The van der Waals surface area contributed by atoms with E-state index in [0.717, 1.165) is 19.5 Å². The molecule has 92 valence electrons. The van der Waals surface area contributed by atoms with Crippen molar-refractivity contribution in [1.29, 1.82) is 5.26 Å². The molecule has 1 aromatic heterocycles. The molecule has 0 fully saturated rings. The highest BCUT2D eigenvalue weighted by Gasteiger charge is 1.98. The van der Waals surface area contributed by atoms with Crippen molar-refractivity contribution >= 4 is 0 Å². The largest absolute Gasteiger partial charge is 0.312 e. The minimum absolute atomic E-state index is 0.702. The lowest BCUT2D eigenvalue weighted by atomic mass is 10.1. The third-order valence-corrected chi connectivity index (χ3v) is 2.89. The molecule has 1 heterocycles. The van der Waals surface area contributed by atoms with E-state index < -0.39 is 0 Å². The van der Waals surface area contributed by atoms with E-state index in [2.05, 4.69) is 16.5 Å². The predicted molar refractivity (Wildman–Crippen MR) is 69.8 cm³/mol. The molecule has 0 unspecified atom stereocenters. The molecule has 1 aromatic carbocycles. The molecule has 0 aliphatic rings. The average Bonchev–Trinajstić information content (AvgIpc) is 2.81. The summed E-state index contributed by atoms with van der Waals surface area (Å²) in [4.78, 5) is 0. The summed E-state index contributed by atoms with van der Waals surface area (Å²) in [5, 5.41) is 16.2. The number of aromatic nitrogens is 2. The van der Waals surface area contributed by atoms with Crippen LogP contribution in [-0.2, 0) is 20.0 Å². The number of hydrogen-bond acceptors (Lipinski definition) is 3. The Morgan fingerprint density at radius 1 is 1.28 bits per heavy atom. The normalized spacial score (nSPS) is 10.2. The van der Waals surface area contributed by atoms with Crippen LogP contribution >= 0.6 is 0 Å². The van der Waals surface area contributed by atoms with Gasteiger partial charge in [-0.3, -0.25) is 4.68 Å². The first-order valence-electron chi connectivity index (χ1n) is 5.96. The molecule has 2 rings (SSSR count). The van der Waals surface area contributed by atoms with Crippen molar-refractivity contribution in [1.82, 2.24) is 15.1 Å². The van der Waals surface area contributed by atoms with Crippen LogP contribution in [-0.4, -0.2) is 16.3 Å². The Labute approximate surface area is 107 Å². The van der Waals surface area contributed by atoms with Gasteiger partial charge in [-0.05, 0) is 23.8 Å². The molecule has 4 nitrogen and oxygen atoms in total. The zero-order chi connectivity index (χ0) is 12.8. The summed E-state index contributed by atoms with van der Waals surface area (Å²) >= 11 is 0. The first-order chi connectivity index (χ1) is 8.79. The van der Waals surface area contributed by atoms with Crippen LogP contribution in [0.15, 0.2) is 36.5 Å². The first kappa shape index (κ1) is 12.3. The second-order valence-corrected chi connectivity index (χ2v) is 4.18. The number of nitrogens with zero attached hydrogens (tertiary/aromatic N) is 3. The summed E-state index contributed by atoms with van der Waals surface area (Å²) in [6.07, 6.45) is 2.78. The molecule has 4 heteroatoms. The third kappa shape index (κ3) is 3.19. The van der Waals surface area contributed by atoms with Gasteiger partial charge in [0.2, 0.25) is 0 Å². The molecular weight excluding hydrogens is 224 g/mol. The van der Waals surface area contributed by atoms with Crippen molar-refractivity contribution in [3.63, 3.8) is 0 Å². The fourth-order valence-corrected chi connectivity index (χ4v) is 1.79. The fourth-order valence-electron chi connectivity index (χ4n) is 1.79. The molecule has 0 saturated carbocycles. The van der Waals surface area contributed by atoms with Gasteiger partial charge in [0, 0.05) is 38.4 Å². The summed E-state index contributed by atoms with van der Waals surface area (Å²) in [6, 6.07) is 11.8. The Balaban J connectivity index is 1.75. The second kappa shape index (κ2) is 5.99. The van der Waals surface area contributed by atoms with Crippen LogP contribution in [0.4, 0.5) is 0 Å². The van der Waals surface area contributed by atoms with Gasteiger partial charge in [0.1, 0.15) is 0 Å². The molecular formula is C14H16N4. The highest BCUT2D eigenvalue weighted by Crippen LogP contribution is 2.03. The molecule has 1 N–H and O–H groups in total. The zero-order valence-electron chi connectivity index (χ0n) is 10.4. The highest BCUT2D eigenvalue weighted by atomic mass is 15.3. The van der Waals surface area contributed by atoms with Crippen molar-refractivity contribution in [3.8, 4) is 6.07 Å². The molecule has 0 spiro atoms. The Bertz CT molecular complexity index is 534. The molecule has 0 atom stereocenters. The van der Waals surface area contributed by atoms with Gasteiger partial charge in [-0.1, -0.05) is 12.1 Å². The van der Waals surface area contributed by atoms with Gasteiger partial charge in [-0.15, -0.1) is 0 Å². The number of aryl methyl sites for hydroxylation is 1. The Morgan fingerprint density at radius 3 is 2.67 bits per heavy atom. The van der Waals surface area contributed by atoms with E-state index in [9.17, 15) is 0 Å². The average molecular weight is 240 g/mol. The molecule has 18 heavy (non-hydrogen) atoms. The molecule has 0 saturated heterocycles. The van der Waals surface area contributed by atoms with E-state index in [4.69, 9.17) is 5.26 Å². The minimum atomic E-state index is 0.702. The zero-order valence-corrected chi connectivity index (χ0v) is 10.4. The lowest BCUT2D eigenvalue weighted by Crippen LogP contribution is -2.17. The van der Waals surface area contributed by atoms with Gasteiger partial charge in [-0.2, -0.15) is 10.4 Å². The molecule has 0 amide bonds. The van der Waals surface area contributed by atoms with E-state index in [1.54, 1.807) is 0 Å². The van der Waals surface area contributed by atoms with Crippen LogP contribution in [0.2, 0.25) is 0 Å². The summed E-state index contributed by atoms with van der Waals surface area (Å²) in [5.41, 5.74) is 3.12. The van der Waals surface area contributed by atoms with Crippen molar-refractivity contribution in [2.24, 2.45) is 7.05 Å². The van der Waals surface area contributed by atoms with Gasteiger partial charge < -0.3 is 5.32 Å². The van der Waals surface area contributed by atoms with Crippen molar-refractivity contribution < 1.29 is 0 Å². The lowest BCUT2D eigenvalue weighted by molar-refractivity contribution is 0.643. The van der Waals surface area contributed by atoms with Gasteiger partial charge in [-0.25, -0.2) is 0 Å². The van der Waals surface area contributed by atoms with Crippen LogP contribution in [0.25, 0.3) is 0 Å². The van der Waals surface area contributed by atoms with E-state index >= 15 is 0 Å². The first-order valence-corrected chi connectivity index (χ1v) is 5.96. The van der Waals surface area contributed by atoms with E-state index in [-0.39, 0.29) is 0 Å². The number of rotatable bonds is 5. The molecule has 0 aliphatic carbocycles. The maximum Gasteiger partial charge on any atom is 0.0991 e. The summed E-state index contributed by atoms with van der Waals surface area (Å²) < 4.78 is 1.89. The Morgan fingerprint density at radius 2 is 2.06 bits per heavy atom. The fraction of sp³-hybridized carbons (Fsp3) is 0.286. The number of benzene rings is 1. The van der Waals surface area contributed by atoms with Crippen LogP contribution in [0, 0.1) is 11.3 Å². The topological polar surface area (TPSA) is 53.6 Å². The molecule has 2 aromatic rings. The van der Waals surface area contributed by atoms with Crippen molar-refractivity contribution in [2.75, 3.05) is 6.54 Å². The standard InChI is InChI=1S/C14H16N4/c1-18-14(7-9-17-18)6-8-16-11-13-4-2-12(10-15)3-5-13/h2-5,7,9,16H,6,8,11H2,1H3. The maximum absolute atomic E-state index is 8.70. The van der Waals surface area contributed by atoms with Gasteiger partial charge in [0.05, 0.1) is 11.6 Å². The van der Waals surface area contributed by atoms with E-state index in [1.165, 1.54) is 11.3 Å². The number of nitriles is 1. The van der Waals surface area contributed by atoms with Crippen LogP contribution in [0.5, 0.6) is 0 Å². The van der Waals surface area contributed by atoms with E-state index in [0.29, 0.717) is 5.56 Å². The van der Waals surface area contributed by atoms with Crippen LogP contribution in [0.3, 0.4) is 0 Å². The summed E-state index contributed by atoms with van der Waals surface area (Å²) in [6.45, 7) is 1.74. The number of hydrogen-bond donors (Lipinski definition) is 1.